The molecule has 0 aromatic heterocycles. The van der Waals surface area contributed by atoms with E-state index < -0.39 is 30.4 Å². The van der Waals surface area contributed by atoms with Crippen LogP contribution in [-0.2, 0) is 9.59 Å². The van der Waals surface area contributed by atoms with Gasteiger partial charge in [-0.1, -0.05) is 30.3 Å². The summed E-state index contributed by atoms with van der Waals surface area (Å²) in [5.41, 5.74) is 0.0185. The van der Waals surface area contributed by atoms with Crippen molar-refractivity contribution < 1.29 is 27.9 Å². The van der Waals surface area contributed by atoms with Gasteiger partial charge in [-0.05, 0) is 5.56 Å². The molecule has 0 aliphatic heterocycles. The average molecular weight is 303 g/mol. The molecule has 21 heavy (non-hydrogen) atoms. The van der Waals surface area contributed by atoms with Gasteiger partial charge in [0, 0.05) is 20.0 Å². The molecule has 0 fully saturated rings. The highest BCUT2D eigenvalue weighted by Gasteiger charge is 2.42. The first-order chi connectivity index (χ1) is 9.71. The fourth-order valence-corrected chi connectivity index (χ4v) is 1.83. The van der Waals surface area contributed by atoms with E-state index in [0.717, 1.165) is 4.90 Å². The average Bonchev–Trinajstić information content (AvgIpc) is 2.41. The molecule has 0 aliphatic carbocycles. The van der Waals surface area contributed by atoms with E-state index in [4.69, 9.17) is 5.11 Å². The molecule has 0 spiro atoms. The van der Waals surface area contributed by atoms with Crippen molar-refractivity contribution in [2.45, 2.75) is 24.9 Å². The molecule has 1 unspecified atom stereocenters. The first-order valence-corrected chi connectivity index (χ1v) is 6.29. The summed E-state index contributed by atoms with van der Waals surface area (Å²) in [6.45, 7) is -0.118. The summed E-state index contributed by atoms with van der Waals surface area (Å²) in [7, 11) is 1.30. The lowest BCUT2D eigenvalue weighted by Gasteiger charge is -2.23. The summed E-state index contributed by atoms with van der Waals surface area (Å²) in [4.78, 5) is 23.2. The first-order valence-electron chi connectivity index (χ1n) is 6.29. The van der Waals surface area contributed by atoms with Crippen molar-refractivity contribution in [3.05, 3.63) is 35.9 Å². The summed E-state index contributed by atoms with van der Waals surface area (Å²) in [5, 5.41) is 8.52. The van der Waals surface area contributed by atoms with Crippen LogP contribution in [0.4, 0.5) is 13.2 Å². The van der Waals surface area contributed by atoms with Crippen molar-refractivity contribution in [3.8, 4) is 0 Å². The van der Waals surface area contributed by atoms with Gasteiger partial charge < -0.3 is 10.0 Å². The van der Waals surface area contributed by atoms with Crippen molar-refractivity contribution in [2.24, 2.45) is 0 Å². The number of nitrogens with zero attached hydrogens (tertiary/aromatic N) is 1. The van der Waals surface area contributed by atoms with Gasteiger partial charge in [-0.3, -0.25) is 9.59 Å². The number of rotatable bonds is 6. The minimum absolute atomic E-state index is 0.0185. The van der Waals surface area contributed by atoms with Crippen molar-refractivity contribution in [1.82, 2.24) is 4.90 Å². The molecular weight excluding hydrogens is 287 g/mol. The van der Waals surface area contributed by atoms with Crippen LogP contribution in [0.25, 0.3) is 0 Å². The maximum atomic E-state index is 13.1. The van der Waals surface area contributed by atoms with Crippen LogP contribution in [0.2, 0.25) is 0 Å². The van der Waals surface area contributed by atoms with Crippen molar-refractivity contribution >= 4 is 11.9 Å². The predicted molar refractivity (Wildman–Crippen MR) is 69.7 cm³/mol. The molecule has 0 heterocycles. The Morgan fingerprint density at radius 3 is 2.29 bits per heavy atom. The SMILES string of the molecule is CN(CCC(=O)O)C(=O)CC(c1ccccc1)C(F)(F)F. The lowest BCUT2D eigenvalue weighted by Crippen LogP contribution is -2.33. The largest absolute Gasteiger partial charge is 0.481 e. The zero-order valence-corrected chi connectivity index (χ0v) is 11.4. The zero-order valence-electron chi connectivity index (χ0n) is 11.4. The lowest BCUT2D eigenvalue weighted by atomic mass is 9.94. The van der Waals surface area contributed by atoms with E-state index in [1.54, 1.807) is 6.07 Å². The number of carboxylic acids is 1. The number of alkyl halides is 3. The van der Waals surface area contributed by atoms with Gasteiger partial charge in [0.15, 0.2) is 0 Å². The van der Waals surface area contributed by atoms with Crippen LogP contribution in [0.3, 0.4) is 0 Å². The summed E-state index contributed by atoms with van der Waals surface area (Å²) in [6, 6.07) is 7.20. The number of benzene rings is 1. The van der Waals surface area contributed by atoms with Gasteiger partial charge in [-0.2, -0.15) is 13.2 Å². The Morgan fingerprint density at radius 2 is 1.81 bits per heavy atom. The quantitative estimate of drug-likeness (QED) is 0.879. The third kappa shape index (κ3) is 5.45. The summed E-state index contributed by atoms with van der Waals surface area (Å²) >= 11 is 0. The fourth-order valence-electron chi connectivity index (χ4n) is 1.83. The molecule has 0 radical (unpaired) electrons. The molecule has 0 saturated carbocycles. The highest BCUT2D eigenvalue weighted by molar-refractivity contribution is 5.77. The molecule has 1 N–H and O–H groups in total. The van der Waals surface area contributed by atoms with Crippen LogP contribution < -0.4 is 0 Å². The Bertz CT molecular complexity index is 488. The number of carbonyl (C=O) groups is 2. The molecule has 1 rings (SSSR count). The molecular formula is C14H16F3NO3. The van der Waals surface area contributed by atoms with Gasteiger partial charge in [0.2, 0.25) is 5.91 Å². The number of amides is 1. The van der Waals surface area contributed by atoms with Crippen LogP contribution in [0.15, 0.2) is 30.3 Å². The first kappa shape index (κ1) is 17.0. The van der Waals surface area contributed by atoms with E-state index in [0.29, 0.717) is 0 Å². The Morgan fingerprint density at radius 1 is 1.24 bits per heavy atom. The molecule has 4 nitrogen and oxygen atoms in total. The maximum Gasteiger partial charge on any atom is 0.396 e. The second kappa shape index (κ2) is 7.10. The number of carbonyl (C=O) groups excluding carboxylic acids is 1. The highest BCUT2D eigenvalue weighted by atomic mass is 19.4. The number of hydrogen-bond acceptors (Lipinski definition) is 2. The van der Waals surface area contributed by atoms with E-state index in [1.165, 1.54) is 31.3 Å². The molecule has 0 bridgehead atoms. The van der Waals surface area contributed by atoms with E-state index >= 15 is 0 Å². The van der Waals surface area contributed by atoms with Crippen molar-refractivity contribution in [3.63, 3.8) is 0 Å². The normalized spacial score (nSPS) is 12.8. The lowest BCUT2D eigenvalue weighted by molar-refractivity contribution is -0.160. The molecule has 1 aromatic rings. The molecule has 7 heteroatoms. The molecule has 0 saturated heterocycles. The van der Waals surface area contributed by atoms with Gasteiger partial charge in [0.1, 0.15) is 0 Å². The molecule has 116 valence electrons. The highest BCUT2D eigenvalue weighted by Crippen LogP contribution is 2.37. The number of carboxylic acid groups (broad SMARTS) is 1. The summed E-state index contributed by atoms with van der Waals surface area (Å²) < 4.78 is 39.2. The number of aliphatic carboxylic acids is 1. The third-order valence-electron chi connectivity index (χ3n) is 3.06. The smallest absolute Gasteiger partial charge is 0.396 e. The van der Waals surface area contributed by atoms with Gasteiger partial charge >= 0.3 is 12.1 Å². The van der Waals surface area contributed by atoms with Crippen molar-refractivity contribution in [2.75, 3.05) is 13.6 Å². The van der Waals surface area contributed by atoms with Crippen LogP contribution in [-0.4, -0.2) is 41.7 Å². The van der Waals surface area contributed by atoms with E-state index in [9.17, 15) is 22.8 Å². The van der Waals surface area contributed by atoms with E-state index in [1.807, 2.05) is 0 Å². The Balaban J connectivity index is 2.79. The molecule has 1 aromatic carbocycles. The summed E-state index contributed by atoms with van der Waals surface area (Å²) in [6.07, 6.45) is -5.57. The fraction of sp³-hybridized carbons (Fsp3) is 0.429. The third-order valence-corrected chi connectivity index (χ3v) is 3.06. The van der Waals surface area contributed by atoms with Crippen LogP contribution in [0.5, 0.6) is 0 Å². The van der Waals surface area contributed by atoms with E-state index in [-0.39, 0.29) is 18.5 Å². The minimum atomic E-state index is -4.54. The van der Waals surface area contributed by atoms with E-state index in [2.05, 4.69) is 0 Å². The second-order valence-corrected chi connectivity index (χ2v) is 4.67. The maximum absolute atomic E-state index is 13.1. The predicted octanol–water partition coefficient (Wildman–Crippen LogP) is 2.66. The topological polar surface area (TPSA) is 57.6 Å². The van der Waals surface area contributed by atoms with Gasteiger partial charge in [0.05, 0.1) is 12.3 Å². The number of hydrogen-bond donors (Lipinski definition) is 1. The monoisotopic (exact) mass is 303 g/mol. The molecule has 1 amide bonds. The Hall–Kier alpha value is -2.05. The Kier molecular flexibility index (Phi) is 5.75. The Labute approximate surface area is 120 Å². The molecule has 1 atom stereocenters. The second-order valence-electron chi connectivity index (χ2n) is 4.67. The van der Waals surface area contributed by atoms with Crippen LogP contribution >= 0.6 is 0 Å². The van der Waals surface area contributed by atoms with Crippen LogP contribution in [0.1, 0.15) is 24.3 Å². The van der Waals surface area contributed by atoms with Gasteiger partial charge in [0.25, 0.3) is 0 Å². The zero-order chi connectivity index (χ0) is 16.0. The summed E-state index contributed by atoms with van der Waals surface area (Å²) in [5.74, 6) is -3.73. The van der Waals surface area contributed by atoms with Crippen molar-refractivity contribution in [1.29, 1.82) is 0 Å². The molecule has 0 aliphatic rings. The van der Waals surface area contributed by atoms with Crippen LogP contribution in [0, 0.1) is 0 Å². The minimum Gasteiger partial charge on any atom is -0.481 e. The standard InChI is InChI=1S/C14H16F3NO3/c1-18(8-7-13(20)21)12(19)9-11(14(15,16)17)10-5-3-2-4-6-10/h2-6,11H,7-9H2,1H3,(H,20,21). The van der Waals surface area contributed by atoms with Gasteiger partial charge in [-0.25, -0.2) is 0 Å². The number of halogens is 3. The van der Waals surface area contributed by atoms with Gasteiger partial charge in [-0.15, -0.1) is 0 Å².